The van der Waals surface area contributed by atoms with E-state index in [1.807, 2.05) is 0 Å². The monoisotopic (exact) mass is 364 g/mol. The number of nitrogens with one attached hydrogen (secondary N) is 1. The lowest BCUT2D eigenvalue weighted by molar-refractivity contribution is -0.384. The molecule has 8 heteroatoms. The van der Waals surface area contributed by atoms with Gasteiger partial charge < -0.3 is 15.0 Å². The minimum atomic E-state index is -0.489. The molecule has 1 aliphatic rings. The van der Waals surface area contributed by atoms with E-state index in [1.165, 1.54) is 12.1 Å². The molecule has 0 aromatic heterocycles. The van der Waals surface area contributed by atoms with Crippen molar-refractivity contribution in [2.45, 2.75) is 32.5 Å². The van der Waals surface area contributed by atoms with Crippen molar-refractivity contribution in [2.24, 2.45) is 0 Å². The van der Waals surface area contributed by atoms with Crippen molar-refractivity contribution in [1.29, 1.82) is 0 Å². The van der Waals surface area contributed by atoms with Gasteiger partial charge in [-0.2, -0.15) is 0 Å². The molecule has 1 fully saturated rings. The number of nitro benzene ring substituents is 1. The highest BCUT2D eigenvalue weighted by Gasteiger charge is 2.22. The molecule has 0 spiro atoms. The van der Waals surface area contributed by atoms with Crippen LogP contribution in [0.15, 0.2) is 18.2 Å². The van der Waals surface area contributed by atoms with Gasteiger partial charge >= 0.3 is 0 Å². The molecule has 1 saturated heterocycles. The third-order valence-corrected chi connectivity index (χ3v) is 4.35. The van der Waals surface area contributed by atoms with Crippen LogP contribution in [0.5, 0.6) is 0 Å². The van der Waals surface area contributed by atoms with Gasteiger partial charge in [0, 0.05) is 58.1 Å². The molecule has 0 saturated carbocycles. The number of nitro groups is 1. The molecule has 0 radical (unpaired) electrons. The molecule has 1 aromatic rings. The van der Waals surface area contributed by atoms with Crippen LogP contribution in [0.2, 0.25) is 0 Å². The fourth-order valence-electron chi connectivity index (χ4n) is 3.28. The van der Waals surface area contributed by atoms with E-state index in [-0.39, 0.29) is 23.8 Å². The predicted molar refractivity (Wildman–Crippen MR) is 101 cm³/mol. The van der Waals surface area contributed by atoms with Crippen molar-refractivity contribution < 1.29 is 14.5 Å². The Balaban J connectivity index is 1.91. The Morgan fingerprint density at radius 1 is 1.35 bits per heavy atom. The second-order valence-corrected chi connectivity index (χ2v) is 6.98. The highest BCUT2D eigenvalue weighted by molar-refractivity contribution is 6.00. The average Bonchev–Trinajstić information content (AvgIpc) is 2.57. The minimum absolute atomic E-state index is 0.0861. The van der Waals surface area contributed by atoms with E-state index in [0.29, 0.717) is 17.8 Å². The first-order valence-corrected chi connectivity index (χ1v) is 8.89. The van der Waals surface area contributed by atoms with E-state index in [0.717, 1.165) is 26.1 Å². The molecule has 2 rings (SSSR count). The molecule has 0 aliphatic carbocycles. The number of hydrogen-bond donors (Lipinski definition) is 1. The normalized spacial score (nSPS) is 20.6. The molecule has 1 heterocycles. The van der Waals surface area contributed by atoms with Crippen LogP contribution in [0.3, 0.4) is 0 Å². The Labute approximate surface area is 154 Å². The SMILES string of the molecule is CC1CN(CCCNC(=O)c2cc([N+](=O)[O-])ccc2N(C)C)CC(C)O1. The lowest BCUT2D eigenvalue weighted by Gasteiger charge is -2.35. The summed E-state index contributed by atoms with van der Waals surface area (Å²) < 4.78 is 5.71. The summed E-state index contributed by atoms with van der Waals surface area (Å²) in [4.78, 5) is 27.1. The quantitative estimate of drug-likeness (QED) is 0.452. The number of amides is 1. The van der Waals surface area contributed by atoms with Gasteiger partial charge in [-0.1, -0.05) is 0 Å². The van der Waals surface area contributed by atoms with E-state index >= 15 is 0 Å². The number of ether oxygens (including phenoxy) is 1. The van der Waals surface area contributed by atoms with Gasteiger partial charge in [-0.15, -0.1) is 0 Å². The van der Waals surface area contributed by atoms with Gasteiger partial charge in [0.25, 0.3) is 11.6 Å². The molecule has 144 valence electrons. The second-order valence-electron chi connectivity index (χ2n) is 6.98. The van der Waals surface area contributed by atoms with Crippen LogP contribution in [-0.2, 0) is 4.74 Å². The predicted octanol–water partition coefficient (Wildman–Crippen LogP) is 1.89. The summed E-state index contributed by atoms with van der Waals surface area (Å²) in [6, 6.07) is 4.34. The summed E-state index contributed by atoms with van der Waals surface area (Å²) in [6.07, 6.45) is 1.26. The van der Waals surface area contributed by atoms with E-state index in [1.54, 1.807) is 25.1 Å². The van der Waals surface area contributed by atoms with Crippen molar-refractivity contribution >= 4 is 17.3 Å². The third-order valence-electron chi connectivity index (χ3n) is 4.35. The Morgan fingerprint density at radius 2 is 2.00 bits per heavy atom. The van der Waals surface area contributed by atoms with Gasteiger partial charge in [-0.3, -0.25) is 19.8 Å². The molecule has 2 unspecified atom stereocenters. The summed E-state index contributed by atoms with van der Waals surface area (Å²) in [5.74, 6) is -0.291. The standard InChI is InChI=1S/C18H28N4O4/c1-13-11-21(12-14(2)26-13)9-5-8-19-18(23)16-10-15(22(24)25)6-7-17(16)20(3)4/h6-7,10,13-14H,5,8-9,11-12H2,1-4H3,(H,19,23). The fourth-order valence-corrected chi connectivity index (χ4v) is 3.28. The van der Waals surface area contributed by atoms with E-state index < -0.39 is 4.92 Å². The summed E-state index contributed by atoms with van der Waals surface area (Å²) >= 11 is 0. The maximum Gasteiger partial charge on any atom is 0.270 e. The topological polar surface area (TPSA) is 88.0 Å². The van der Waals surface area contributed by atoms with Crippen molar-refractivity contribution in [2.75, 3.05) is 45.2 Å². The van der Waals surface area contributed by atoms with Gasteiger partial charge in [0.05, 0.1) is 22.7 Å². The number of carbonyl (C=O) groups excluding carboxylic acids is 1. The first-order chi connectivity index (χ1) is 12.3. The smallest absolute Gasteiger partial charge is 0.270 e. The summed E-state index contributed by atoms with van der Waals surface area (Å²) in [5.41, 5.74) is 0.888. The number of hydrogen-bond acceptors (Lipinski definition) is 6. The van der Waals surface area contributed by atoms with Gasteiger partial charge in [0.15, 0.2) is 0 Å². The molecule has 8 nitrogen and oxygen atoms in total. The zero-order valence-corrected chi connectivity index (χ0v) is 15.9. The van der Waals surface area contributed by atoms with Crippen LogP contribution in [0.25, 0.3) is 0 Å². The zero-order chi connectivity index (χ0) is 19.3. The van der Waals surface area contributed by atoms with Crippen molar-refractivity contribution in [1.82, 2.24) is 10.2 Å². The second kappa shape index (κ2) is 8.95. The Bertz CT molecular complexity index is 640. The molecule has 2 atom stereocenters. The van der Waals surface area contributed by atoms with Gasteiger partial charge in [-0.25, -0.2) is 0 Å². The van der Waals surface area contributed by atoms with Crippen molar-refractivity contribution in [3.63, 3.8) is 0 Å². The Kier molecular flexibility index (Phi) is 6.93. The summed E-state index contributed by atoms with van der Waals surface area (Å²) in [7, 11) is 3.61. The summed E-state index contributed by atoms with van der Waals surface area (Å²) in [5, 5.41) is 13.9. The average molecular weight is 364 g/mol. The molecule has 1 aromatic carbocycles. The van der Waals surface area contributed by atoms with E-state index in [9.17, 15) is 14.9 Å². The van der Waals surface area contributed by atoms with Crippen LogP contribution in [0.4, 0.5) is 11.4 Å². The maximum atomic E-state index is 12.5. The number of benzene rings is 1. The van der Waals surface area contributed by atoms with E-state index in [4.69, 9.17) is 4.74 Å². The molecule has 26 heavy (non-hydrogen) atoms. The Morgan fingerprint density at radius 3 is 2.58 bits per heavy atom. The van der Waals surface area contributed by atoms with Crippen LogP contribution in [-0.4, -0.2) is 68.2 Å². The fraction of sp³-hybridized carbons (Fsp3) is 0.611. The Hall–Kier alpha value is -2.19. The molecule has 1 aliphatic heterocycles. The number of nitrogens with zero attached hydrogens (tertiary/aromatic N) is 3. The van der Waals surface area contributed by atoms with Crippen LogP contribution >= 0.6 is 0 Å². The molecular formula is C18H28N4O4. The van der Waals surface area contributed by atoms with Crippen LogP contribution in [0.1, 0.15) is 30.6 Å². The lowest BCUT2D eigenvalue weighted by Crippen LogP contribution is -2.46. The highest BCUT2D eigenvalue weighted by Crippen LogP contribution is 2.24. The van der Waals surface area contributed by atoms with Crippen molar-refractivity contribution in [3.8, 4) is 0 Å². The first kappa shape index (κ1) is 20.1. The first-order valence-electron chi connectivity index (χ1n) is 8.89. The number of morpholine rings is 1. The molecule has 0 bridgehead atoms. The molecule has 1 amide bonds. The zero-order valence-electron chi connectivity index (χ0n) is 15.9. The van der Waals surface area contributed by atoms with Gasteiger partial charge in [-0.05, 0) is 26.3 Å². The van der Waals surface area contributed by atoms with E-state index in [2.05, 4.69) is 24.1 Å². The number of carbonyl (C=O) groups is 1. The molecular weight excluding hydrogens is 336 g/mol. The van der Waals surface area contributed by atoms with Gasteiger partial charge in [0.1, 0.15) is 0 Å². The molecule has 1 N–H and O–H groups in total. The van der Waals surface area contributed by atoms with Crippen molar-refractivity contribution in [3.05, 3.63) is 33.9 Å². The lowest BCUT2D eigenvalue weighted by atomic mass is 10.1. The minimum Gasteiger partial charge on any atom is -0.377 e. The number of rotatable bonds is 7. The van der Waals surface area contributed by atoms with Crippen LogP contribution < -0.4 is 10.2 Å². The highest BCUT2D eigenvalue weighted by atomic mass is 16.6. The van der Waals surface area contributed by atoms with Gasteiger partial charge in [0.2, 0.25) is 0 Å². The number of non-ortho nitro benzene ring substituents is 1. The third kappa shape index (κ3) is 5.40. The largest absolute Gasteiger partial charge is 0.377 e. The van der Waals surface area contributed by atoms with Crippen LogP contribution in [0, 0.1) is 10.1 Å². The number of anilines is 1. The summed E-state index contributed by atoms with van der Waals surface area (Å²) in [6.45, 7) is 7.33. The maximum absolute atomic E-state index is 12.5.